The zero-order valence-corrected chi connectivity index (χ0v) is 11.0. The highest BCUT2D eigenvalue weighted by Gasteiger charge is 2.38. The van der Waals surface area contributed by atoms with Gasteiger partial charge in [-0.15, -0.1) is 0 Å². The Morgan fingerprint density at radius 1 is 1.27 bits per heavy atom. The number of fused-ring (bicyclic) bond motifs is 2. The van der Waals surface area contributed by atoms with E-state index < -0.39 is 0 Å². The average molecular weight is 227 g/mol. The second-order valence-electron chi connectivity index (χ2n) is 5.70. The van der Waals surface area contributed by atoms with Crippen LogP contribution in [0.1, 0.15) is 39.5 Å². The van der Waals surface area contributed by atoms with Crippen molar-refractivity contribution in [1.29, 1.82) is 0 Å². The predicted octanol–water partition coefficient (Wildman–Crippen LogP) is 3.15. The molecular formula is C13H25NS. The molecule has 0 saturated heterocycles. The van der Waals surface area contributed by atoms with Gasteiger partial charge in [-0.1, -0.05) is 20.3 Å². The first kappa shape index (κ1) is 11.8. The molecule has 1 nitrogen and oxygen atoms in total. The van der Waals surface area contributed by atoms with E-state index in [0.717, 1.165) is 23.8 Å². The molecule has 88 valence electrons. The lowest BCUT2D eigenvalue weighted by Crippen LogP contribution is -2.35. The summed E-state index contributed by atoms with van der Waals surface area (Å²) in [6, 6.07) is 0.878. The first-order valence-electron chi connectivity index (χ1n) is 6.57. The lowest BCUT2D eigenvalue weighted by atomic mass is 9.95. The fourth-order valence-corrected chi connectivity index (χ4v) is 4.03. The molecule has 2 rings (SSSR count). The van der Waals surface area contributed by atoms with Crippen LogP contribution >= 0.6 is 11.8 Å². The van der Waals surface area contributed by atoms with Gasteiger partial charge < -0.3 is 5.32 Å². The van der Waals surface area contributed by atoms with Crippen molar-refractivity contribution in [3.63, 3.8) is 0 Å². The summed E-state index contributed by atoms with van der Waals surface area (Å²) < 4.78 is 0. The van der Waals surface area contributed by atoms with Crippen LogP contribution in [-0.2, 0) is 0 Å². The highest BCUT2D eigenvalue weighted by Crippen LogP contribution is 2.44. The molecule has 2 bridgehead atoms. The van der Waals surface area contributed by atoms with Crippen LogP contribution in [0.2, 0.25) is 0 Å². The molecule has 1 N–H and O–H groups in total. The van der Waals surface area contributed by atoms with E-state index in [-0.39, 0.29) is 0 Å². The Labute approximate surface area is 98.8 Å². The van der Waals surface area contributed by atoms with Crippen LogP contribution < -0.4 is 5.32 Å². The van der Waals surface area contributed by atoms with Crippen LogP contribution in [0.25, 0.3) is 0 Å². The molecule has 0 aliphatic heterocycles. The van der Waals surface area contributed by atoms with E-state index in [9.17, 15) is 0 Å². The molecule has 3 unspecified atom stereocenters. The molecule has 0 spiro atoms. The van der Waals surface area contributed by atoms with Crippen LogP contribution in [0.15, 0.2) is 0 Å². The third kappa shape index (κ3) is 3.39. The number of nitrogens with one attached hydrogen (secondary N) is 1. The van der Waals surface area contributed by atoms with Crippen LogP contribution in [0.5, 0.6) is 0 Å². The summed E-state index contributed by atoms with van der Waals surface area (Å²) in [5, 5.41) is 3.77. The number of rotatable bonds is 6. The van der Waals surface area contributed by atoms with Gasteiger partial charge in [0.15, 0.2) is 0 Å². The zero-order chi connectivity index (χ0) is 10.7. The van der Waals surface area contributed by atoms with Gasteiger partial charge in [-0.3, -0.25) is 0 Å². The predicted molar refractivity (Wildman–Crippen MR) is 69.4 cm³/mol. The van der Waals surface area contributed by atoms with Crippen LogP contribution in [0, 0.1) is 17.8 Å². The van der Waals surface area contributed by atoms with Gasteiger partial charge in [0.2, 0.25) is 0 Å². The van der Waals surface area contributed by atoms with E-state index in [1.807, 2.05) is 0 Å². The van der Waals surface area contributed by atoms with E-state index in [2.05, 4.69) is 30.9 Å². The molecular weight excluding hydrogens is 202 g/mol. The smallest absolute Gasteiger partial charge is 0.00984 e. The van der Waals surface area contributed by atoms with Crippen molar-refractivity contribution in [3.8, 4) is 0 Å². The molecule has 0 heterocycles. The second kappa shape index (κ2) is 5.58. The Morgan fingerprint density at radius 2 is 2.13 bits per heavy atom. The molecule has 2 saturated carbocycles. The van der Waals surface area contributed by atoms with E-state index in [1.165, 1.54) is 43.7 Å². The summed E-state index contributed by atoms with van der Waals surface area (Å²) in [7, 11) is 0. The van der Waals surface area contributed by atoms with Gasteiger partial charge in [0, 0.05) is 18.3 Å². The van der Waals surface area contributed by atoms with Gasteiger partial charge in [0.1, 0.15) is 0 Å². The normalized spacial score (nSPS) is 34.2. The molecule has 2 fully saturated rings. The van der Waals surface area contributed by atoms with Crippen LogP contribution in [0.4, 0.5) is 0 Å². The van der Waals surface area contributed by atoms with Crippen molar-refractivity contribution < 1.29 is 0 Å². The zero-order valence-electron chi connectivity index (χ0n) is 10.2. The van der Waals surface area contributed by atoms with Crippen molar-refractivity contribution in [2.24, 2.45) is 17.8 Å². The molecule has 2 aliphatic rings. The highest BCUT2D eigenvalue weighted by atomic mass is 32.2. The summed E-state index contributed by atoms with van der Waals surface area (Å²) in [6.07, 6.45) is 6.02. The number of thioether (sulfide) groups is 1. The van der Waals surface area contributed by atoms with E-state index >= 15 is 0 Å². The first-order chi connectivity index (χ1) is 7.25. The quantitative estimate of drug-likeness (QED) is 0.700. The van der Waals surface area contributed by atoms with Crippen molar-refractivity contribution in [1.82, 2.24) is 5.32 Å². The minimum Gasteiger partial charge on any atom is -0.313 e. The van der Waals surface area contributed by atoms with Crippen molar-refractivity contribution in [2.75, 3.05) is 18.1 Å². The van der Waals surface area contributed by atoms with Crippen LogP contribution in [-0.4, -0.2) is 24.1 Å². The maximum atomic E-state index is 3.77. The Bertz CT molecular complexity index is 193. The largest absolute Gasteiger partial charge is 0.313 e. The summed E-state index contributed by atoms with van der Waals surface area (Å²) in [5.74, 6) is 5.57. The standard InChI is InChI=1S/C13H25NS/c1-10(2)9-15-6-5-14-13-8-11-3-4-12(13)7-11/h10-14H,3-9H2,1-2H3. The lowest BCUT2D eigenvalue weighted by molar-refractivity contribution is 0.359. The fourth-order valence-electron chi connectivity index (χ4n) is 3.13. The third-order valence-electron chi connectivity index (χ3n) is 3.84. The van der Waals surface area contributed by atoms with Crippen molar-refractivity contribution >= 4 is 11.8 Å². The Kier molecular flexibility index (Phi) is 4.39. The number of hydrogen-bond donors (Lipinski definition) is 1. The highest BCUT2D eigenvalue weighted by molar-refractivity contribution is 7.99. The summed E-state index contributed by atoms with van der Waals surface area (Å²) in [5.41, 5.74) is 0. The summed E-state index contributed by atoms with van der Waals surface area (Å²) >= 11 is 2.10. The molecule has 0 radical (unpaired) electrons. The molecule has 0 aromatic carbocycles. The Morgan fingerprint density at radius 3 is 2.73 bits per heavy atom. The monoisotopic (exact) mass is 227 g/mol. The molecule has 0 aromatic rings. The molecule has 2 heteroatoms. The third-order valence-corrected chi connectivity index (χ3v) is 5.24. The molecule has 3 atom stereocenters. The Balaban J connectivity index is 1.51. The second-order valence-corrected chi connectivity index (χ2v) is 6.85. The number of hydrogen-bond acceptors (Lipinski definition) is 2. The minimum absolute atomic E-state index is 0.845. The van der Waals surface area contributed by atoms with Gasteiger partial charge >= 0.3 is 0 Å². The topological polar surface area (TPSA) is 12.0 Å². The van der Waals surface area contributed by atoms with Gasteiger partial charge in [0.05, 0.1) is 0 Å². The lowest BCUT2D eigenvalue weighted by Gasteiger charge is -2.22. The van der Waals surface area contributed by atoms with Gasteiger partial charge in [-0.2, -0.15) is 11.8 Å². The maximum absolute atomic E-state index is 3.77. The molecule has 15 heavy (non-hydrogen) atoms. The molecule has 0 amide bonds. The van der Waals surface area contributed by atoms with Gasteiger partial charge in [-0.25, -0.2) is 0 Å². The molecule has 2 aliphatic carbocycles. The van der Waals surface area contributed by atoms with Crippen LogP contribution in [0.3, 0.4) is 0 Å². The van der Waals surface area contributed by atoms with E-state index in [0.29, 0.717) is 0 Å². The van der Waals surface area contributed by atoms with E-state index in [1.54, 1.807) is 0 Å². The van der Waals surface area contributed by atoms with Gasteiger partial charge in [0.25, 0.3) is 0 Å². The molecule has 0 aromatic heterocycles. The first-order valence-corrected chi connectivity index (χ1v) is 7.72. The van der Waals surface area contributed by atoms with E-state index in [4.69, 9.17) is 0 Å². The SMILES string of the molecule is CC(C)CSCCNC1CC2CCC1C2. The minimum atomic E-state index is 0.845. The van der Waals surface area contributed by atoms with Crippen molar-refractivity contribution in [3.05, 3.63) is 0 Å². The fraction of sp³-hybridized carbons (Fsp3) is 1.00. The average Bonchev–Trinajstić information content (AvgIpc) is 2.78. The summed E-state index contributed by atoms with van der Waals surface area (Å²) in [4.78, 5) is 0. The summed E-state index contributed by atoms with van der Waals surface area (Å²) in [6.45, 7) is 5.83. The Hall–Kier alpha value is 0.310. The van der Waals surface area contributed by atoms with Gasteiger partial charge in [-0.05, 0) is 42.8 Å². The maximum Gasteiger partial charge on any atom is 0.00984 e. The van der Waals surface area contributed by atoms with Crippen molar-refractivity contribution in [2.45, 2.75) is 45.6 Å².